The Labute approximate surface area is 134 Å². The molecule has 5 heteroatoms. The van der Waals surface area contributed by atoms with E-state index in [0.717, 1.165) is 29.1 Å². The third kappa shape index (κ3) is 2.61. The molecule has 3 aromatic heterocycles. The molecule has 4 rings (SSSR count). The molecule has 1 saturated heterocycles. The van der Waals surface area contributed by atoms with Crippen molar-refractivity contribution in [1.82, 2.24) is 19.5 Å². The van der Waals surface area contributed by atoms with E-state index in [1.165, 1.54) is 25.0 Å². The minimum atomic E-state index is 0.668. The van der Waals surface area contributed by atoms with Crippen LogP contribution in [0.4, 0.5) is 0 Å². The van der Waals surface area contributed by atoms with Crippen molar-refractivity contribution in [2.45, 2.75) is 30.9 Å². The lowest BCUT2D eigenvalue weighted by Gasteiger charge is -2.21. The van der Waals surface area contributed by atoms with E-state index in [9.17, 15) is 0 Å². The van der Waals surface area contributed by atoms with Gasteiger partial charge in [0, 0.05) is 24.1 Å². The molecule has 0 amide bonds. The van der Waals surface area contributed by atoms with Crippen LogP contribution in [0.3, 0.4) is 0 Å². The second-order valence-electron chi connectivity index (χ2n) is 5.61. The molecule has 1 aliphatic rings. The molecule has 1 fully saturated rings. The van der Waals surface area contributed by atoms with E-state index >= 15 is 0 Å². The largest absolute Gasteiger partial charge is 0.279 e. The lowest BCUT2D eigenvalue weighted by Crippen LogP contribution is -2.15. The van der Waals surface area contributed by atoms with Crippen molar-refractivity contribution in [2.75, 3.05) is 5.75 Å². The van der Waals surface area contributed by atoms with Gasteiger partial charge in [-0.2, -0.15) is 11.8 Å². The predicted molar refractivity (Wildman–Crippen MR) is 90.5 cm³/mol. The van der Waals surface area contributed by atoms with E-state index in [0.29, 0.717) is 5.25 Å². The summed E-state index contributed by atoms with van der Waals surface area (Å²) in [5, 5.41) is 0.668. The maximum atomic E-state index is 4.84. The van der Waals surface area contributed by atoms with Gasteiger partial charge in [0.1, 0.15) is 11.3 Å². The standard InChI is InChI=1S/C17H18N4S/c1-2-10-22-14(6-1)11-16-20-15-7-4-9-19-17(15)21(16)13-5-3-8-18-12-13/h3-5,7-9,12,14H,1-2,6,10-11H2. The number of nitrogens with zero attached hydrogens (tertiary/aromatic N) is 4. The fourth-order valence-corrected chi connectivity index (χ4v) is 4.33. The van der Waals surface area contributed by atoms with Crippen LogP contribution in [0, 0.1) is 0 Å². The summed E-state index contributed by atoms with van der Waals surface area (Å²) in [4.78, 5) is 13.6. The van der Waals surface area contributed by atoms with Crippen LogP contribution in [0.2, 0.25) is 0 Å². The second-order valence-corrected chi connectivity index (χ2v) is 7.02. The number of fused-ring (bicyclic) bond motifs is 1. The van der Waals surface area contributed by atoms with Gasteiger partial charge in [-0.1, -0.05) is 6.42 Å². The van der Waals surface area contributed by atoms with Gasteiger partial charge in [-0.25, -0.2) is 9.97 Å². The van der Waals surface area contributed by atoms with E-state index in [2.05, 4.69) is 32.4 Å². The monoisotopic (exact) mass is 310 g/mol. The average molecular weight is 310 g/mol. The molecule has 22 heavy (non-hydrogen) atoms. The molecule has 0 radical (unpaired) electrons. The molecule has 0 saturated carbocycles. The highest BCUT2D eigenvalue weighted by atomic mass is 32.2. The first-order valence-corrected chi connectivity index (χ1v) is 8.81. The first-order valence-electron chi connectivity index (χ1n) is 7.76. The van der Waals surface area contributed by atoms with Crippen molar-refractivity contribution in [3.05, 3.63) is 48.7 Å². The van der Waals surface area contributed by atoms with Gasteiger partial charge in [0.15, 0.2) is 5.65 Å². The van der Waals surface area contributed by atoms with Gasteiger partial charge >= 0.3 is 0 Å². The predicted octanol–water partition coefficient (Wildman–Crippen LogP) is 3.64. The highest BCUT2D eigenvalue weighted by Crippen LogP contribution is 2.29. The minimum absolute atomic E-state index is 0.668. The Morgan fingerprint density at radius 1 is 1.18 bits per heavy atom. The second kappa shape index (κ2) is 6.08. The molecule has 3 aromatic rings. The maximum Gasteiger partial charge on any atom is 0.164 e. The normalized spacial score (nSPS) is 18.6. The molecule has 0 aromatic carbocycles. The highest BCUT2D eigenvalue weighted by Gasteiger charge is 2.20. The quantitative estimate of drug-likeness (QED) is 0.741. The van der Waals surface area contributed by atoms with Gasteiger partial charge < -0.3 is 0 Å². The molecule has 4 heterocycles. The average Bonchev–Trinajstić information content (AvgIpc) is 2.94. The van der Waals surface area contributed by atoms with Crippen LogP contribution in [-0.4, -0.2) is 30.5 Å². The van der Waals surface area contributed by atoms with Gasteiger partial charge in [-0.3, -0.25) is 9.55 Å². The van der Waals surface area contributed by atoms with Crippen molar-refractivity contribution in [1.29, 1.82) is 0 Å². The van der Waals surface area contributed by atoms with Crippen molar-refractivity contribution in [3.8, 4) is 5.69 Å². The van der Waals surface area contributed by atoms with Crippen LogP contribution in [0.5, 0.6) is 0 Å². The SMILES string of the molecule is c1cncc(-n2c(CC3CCCCS3)nc3cccnc32)c1. The lowest BCUT2D eigenvalue weighted by atomic mass is 10.1. The number of rotatable bonds is 3. The summed E-state index contributed by atoms with van der Waals surface area (Å²) in [6.07, 6.45) is 10.5. The van der Waals surface area contributed by atoms with Crippen LogP contribution in [0.15, 0.2) is 42.9 Å². The Bertz CT molecular complexity index is 763. The molecular weight excluding hydrogens is 292 g/mol. The van der Waals surface area contributed by atoms with Crippen LogP contribution in [0.1, 0.15) is 25.1 Å². The topological polar surface area (TPSA) is 43.6 Å². The summed E-state index contributed by atoms with van der Waals surface area (Å²) in [5.74, 6) is 2.37. The number of thioether (sulfide) groups is 1. The van der Waals surface area contributed by atoms with Gasteiger partial charge in [-0.15, -0.1) is 0 Å². The Morgan fingerprint density at radius 2 is 2.14 bits per heavy atom. The fourth-order valence-electron chi connectivity index (χ4n) is 3.03. The Hall–Kier alpha value is -1.88. The first kappa shape index (κ1) is 13.8. The summed E-state index contributed by atoms with van der Waals surface area (Å²) in [6.45, 7) is 0. The molecular formula is C17H18N4S. The molecule has 112 valence electrons. The van der Waals surface area contributed by atoms with Crippen LogP contribution in [-0.2, 0) is 6.42 Å². The van der Waals surface area contributed by atoms with Crippen LogP contribution < -0.4 is 0 Å². The lowest BCUT2D eigenvalue weighted by molar-refractivity contribution is 0.644. The number of imidazole rings is 1. The molecule has 0 aliphatic carbocycles. The van der Waals surface area contributed by atoms with Crippen molar-refractivity contribution >= 4 is 22.9 Å². The van der Waals surface area contributed by atoms with Crippen molar-refractivity contribution in [2.24, 2.45) is 0 Å². The summed E-state index contributed by atoms with van der Waals surface area (Å²) >= 11 is 2.08. The molecule has 1 aliphatic heterocycles. The zero-order valence-electron chi connectivity index (χ0n) is 12.4. The highest BCUT2D eigenvalue weighted by molar-refractivity contribution is 7.99. The van der Waals surface area contributed by atoms with E-state index in [1.54, 1.807) is 6.20 Å². The van der Waals surface area contributed by atoms with Gasteiger partial charge in [0.2, 0.25) is 0 Å². The summed E-state index contributed by atoms with van der Waals surface area (Å²) < 4.78 is 2.16. The smallest absolute Gasteiger partial charge is 0.164 e. The summed E-state index contributed by atoms with van der Waals surface area (Å²) in [6, 6.07) is 8.01. The van der Waals surface area contributed by atoms with E-state index in [4.69, 9.17) is 4.98 Å². The van der Waals surface area contributed by atoms with E-state index in [-0.39, 0.29) is 0 Å². The van der Waals surface area contributed by atoms with Crippen LogP contribution >= 0.6 is 11.8 Å². The van der Waals surface area contributed by atoms with E-state index < -0.39 is 0 Å². The number of hydrogen-bond acceptors (Lipinski definition) is 4. The molecule has 4 nitrogen and oxygen atoms in total. The molecule has 0 spiro atoms. The van der Waals surface area contributed by atoms with Gasteiger partial charge in [0.05, 0.1) is 11.9 Å². The van der Waals surface area contributed by atoms with Gasteiger partial charge in [0.25, 0.3) is 0 Å². The molecule has 0 N–H and O–H groups in total. The van der Waals surface area contributed by atoms with E-state index in [1.807, 2.05) is 30.6 Å². The van der Waals surface area contributed by atoms with Crippen molar-refractivity contribution in [3.63, 3.8) is 0 Å². The number of aromatic nitrogens is 4. The van der Waals surface area contributed by atoms with Gasteiger partial charge in [-0.05, 0) is 42.9 Å². The number of hydrogen-bond donors (Lipinski definition) is 0. The molecule has 1 unspecified atom stereocenters. The third-order valence-electron chi connectivity index (χ3n) is 4.07. The molecule has 0 bridgehead atoms. The Kier molecular flexibility index (Phi) is 3.81. The summed E-state index contributed by atoms with van der Waals surface area (Å²) in [5.41, 5.74) is 2.92. The van der Waals surface area contributed by atoms with Crippen molar-refractivity contribution < 1.29 is 0 Å². The Balaban J connectivity index is 1.79. The Morgan fingerprint density at radius 3 is 2.95 bits per heavy atom. The number of pyridine rings is 2. The minimum Gasteiger partial charge on any atom is -0.279 e. The zero-order valence-corrected chi connectivity index (χ0v) is 13.2. The fraction of sp³-hybridized carbons (Fsp3) is 0.353. The molecule has 1 atom stereocenters. The van der Waals surface area contributed by atoms with Crippen LogP contribution in [0.25, 0.3) is 16.9 Å². The zero-order chi connectivity index (χ0) is 14.8. The summed E-state index contributed by atoms with van der Waals surface area (Å²) in [7, 11) is 0. The maximum absolute atomic E-state index is 4.84. The first-order chi connectivity index (χ1) is 10.9. The third-order valence-corrected chi connectivity index (χ3v) is 5.47.